The zero-order chi connectivity index (χ0) is 18.5. The van der Waals surface area contributed by atoms with Crippen LogP contribution in [-0.2, 0) is 4.79 Å². The highest BCUT2D eigenvalue weighted by atomic mass is 19.1. The molecule has 0 saturated heterocycles. The van der Waals surface area contributed by atoms with Gasteiger partial charge < -0.3 is 9.26 Å². The summed E-state index contributed by atoms with van der Waals surface area (Å²) >= 11 is 0. The fourth-order valence-electron chi connectivity index (χ4n) is 2.17. The number of anilines is 1. The van der Waals surface area contributed by atoms with Gasteiger partial charge in [0.25, 0.3) is 17.7 Å². The summed E-state index contributed by atoms with van der Waals surface area (Å²) in [5, 5.41) is 6.17. The number of halogens is 2. The molecule has 6 nitrogen and oxygen atoms in total. The molecule has 1 heterocycles. The van der Waals surface area contributed by atoms with E-state index in [1.54, 1.807) is 6.92 Å². The van der Waals surface area contributed by atoms with Crippen molar-refractivity contribution in [2.75, 3.05) is 5.32 Å². The van der Waals surface area contributed by atoms with E-state index in [1.807, 2.05) is 0 Å². The van der Waals surface area contributed by atoms with E-state index < -0.39 is 17.8 Å². The first-order valence-electron chi connectivity index (χ1n) is 7.88. The van der Waals surface area contributed by atoms with Crippen molar-refractivity contribution < 1.29 is 22.8 Å². The number of nitrogens with one attached hydrogen (secondary N) is 1. The lowest BCUT2D eigenvalue weighted by Crippen LogP contribution is -2.32. The monoisotopic (exact) mass is 359 g/mol. The highest BCUT2D eigenvalue weighted by molar-refractivity contribution is 5.92. The van der Waals surface area contributed by atoms with Gasteiger partial charge in [-0.3, -0.25) is 10.1 Å². The van der Waals surface area contributed by atoms with Gasteiger partial charge in [-0.25, -0.2) is 8.78 Å². The van der Waals surface area contributed by atoms with Gasteiger partial charge in [-0.1, -0.05) is 6.92 Å². The molecule has 1 aromatic heterocycles. The van der Waals surface area contributed by atoms with Crippen LogP contribution in [0.25, 0.3) is 11.5 Å². The molecule has 26 heavy (non-hydrogen) atoms. The molecule has 3 rings (SSSR count). The summed E-state index contributed by atoms with van der Waals surface area (Å²) in [7, 11) is 0. The highest BCUT2D eigenvalue weighted by Crippen LogP contribution is 2.19. The standard InChI is InChI=1S/C18H15F2N3O3/c1-2-15(25-14-9-7-13(20)8-10-14)16(24)21-18-22-17(26-23-18)11-3-5-12(19)6-4-11/h3-10,15H,2H2,1H3,(H,21,23,24)/t15-/m0/s1. The molecule has 1 amide bonds. The summed E-state index contributed by atoms with van der Waals surface area (Å²) in [5.74, 6) is -0.763. The van der Waals surface area contributed by atoms with Crippen molar-refractivity contribution in [1.29, 1.82) is 0 Å². The van der Waals surface area contributed by atoms with Gasteiger partial charge >= 0.3 is 0 Å². The molecule has 1 N–H and O–H groups in total. The summed E-state index contributed by atoms with van der Waals surface area (Å²) in [4.78, 5) is 16.4. The zero-order valence-electron chi connectivity index (χ0n) is 13.8. The van der Waals surface area contributed by atoms with Crippen LogP contribution < -0.4 is 10.1 Å². The summed E-state index contributed by atoms with van der Waals surface area (Å²) in [6, 6.07) is 10.9. The Kier molecular flexibility index (Phi) is 5.21. The van der Waals surface area contributed by atoms with Gasteiger partial charge in [0.2, 0.25) is 0 Å². The van der Waals surface area contributed by atoms with Crippen LogP contribution in [0.4, 0.5) is 14.7 Å². The lowest BCUT2D eigenvalue weighted by molar-refractivity contribution is -0.122. The van der Waals surface area contributed by atoms with Gasteiger partial charge in [-0.2, -0.15) is 4.98 Å². The van der Waals surface area contributed by atoms with Gasteiger partial charge in [0.15, 0.2) is 6.10 Å². The minimum absolute atomic E-state index is 0.0320. The molecule has 0 fully saturated rings. The van der Waals surface area contributed by atoms with Crippen LogP contribution in [0.3, 0.4) is 0 Å². The number of hydrogen-bond acceptors (Lipinski definition) is 5. The Morgan fingerprint density at radius 2 is 1.73 bits per heavy atom. The van der Waals surface area contributed by atoms with Crippen molar-refractivity contribution in [3.8, 4) is 17.2 Å². The highest BCUT2D eigenvalue weighted by Gasteiger charge is 2.21. The lowest BCUT2D eigenvalue weighted by Gasteiger charge is -2.15. The smallest absolute Gasteiger partial charge is 0.270 e. The van der Waals surface area contributed by atoms with E-state index in [4.69, 9.17) is 9.26 Å². The molecule has 1 atom stereocenters. The Hall–Kier alpha value is -3.29. The van der Waals surface area contributed by atoms with E-state index in [9.17, 15) is 13.6 Å². The second-order valence-electron chi connectivity index (χ2n) is 5.39. The number of hydrogen-bond donors (Lipinski definition) is 1. The van der Waals surface area contributed by atoms with Crippen molar-refractivity contribution in [3.05, 3.63) is 60.2 Å². The third kappa shape index (κ3) is 4.21. The first-order chi connectivity index (χ1) is 12.5. The molecular weight excluding hydrogens is 344 g/mol. The van der Waals surface area contributed by atoms with Crippen LogP contribution in [0.5, 0.6) is 5.75 Å². The van der Waals surface area contributed by atoms with E-state index in [0.717, 1.165) is 0 Å². The topological polar surface area (TPSA) is 77.2 Å². The second kappa shape index (κ2) is 7.73. The average Bonchev–Trinajstić information content (AvgIpc) is 3.10. The summed E-state index contributed by atoms with van der Waals surface area (Å²) in [6.45, 7) is 1.77. The number of rotatable bonds is 6. The van der Waals surface area contributed by atoms with E-state index >= 15 is 0 Å². The number of carbonyl (C=O) groups excluding carboxylic acids is 1. The van der Waals surface area contributed by atoms with Crippen LogP contribution in [-0.4, -0.2) is 22.2 Å². The van der Waals surface area contributed by atoms with Crippen molar-refractivity contribution in [2.45, 2.75) is 19.4 Å². The summed E-state index contributed by atoms with van der Waals surface area (Å²) in [6.07, 6.45) is -0.431. The number of benzene rings is 2. The Morgan fingerprint density at radius 3 is 2.35 bits per heavy atom. The molecule has 0 radical (unpaired) electrons. The van der Waals surface area contributed by atoms with Gasteiger partial charge in [-0.05, 0) is 60.1 Å². The number of carbonyl (C=O) groups is 1. The molecule has 0 saturated carbocycles. The molecule has 0 aliphatic heterocycles. The number of ether oxygens (including phenoxy) is 1. The second-order valence-corrected chi connectivity index (χ2v) is 5.39. The van der Waals surface area contributed by atoms with Crippen molar-refractivity contribution in [2.24, 2.45) is 0 Å². The summed E-state index contributed by atoms with van der Waals surface area (Å²) < 4.78 is 36.5. The van der Waals surface area contributed by atoms with E-state index in [0.29, 0.717) is 17.7 Å². The minimum Gasteiger partial charge on any atom is -0.481 e. The average molecular weight is 359 g/mol. The minimum atomic E-state index is -0.812. The summed E-state index contributed by atoms with van der Waals surface area (Å²) in [5.41, 5.74) is 0.522. The first-order valence-corrected chi connectivity index (χ1v) is 7.88. The van der Waals surface area contributed by atoms with Gasteiger partial charge in [-0.15, -0.1) is 0 Å². The van der Waals surface area contributed by atoms with E-state index in [-0.39, 0.29) is 17.7 Å². The van der Waals surface area contributed by atoms with Gasteiger partial charge in [0, 0.05) is 5.56 Å². The molecule has 0 unspecified atom stereocenters. The maximum Gasteiger partial charge on any atom is 0.270 e. The zero-order valence-corrected chi connectivity index (χ0v) is 13.8. The predicted molar refractivity (Wildman–Crippen MR) is 89.4 cm³/mol. The SMILES string of the molecule is CC[C@H](Oc1ccc(F)cc1)C(=O)Nc1noc(-c2ccc(F)cc2)n1. The third-order valence-electron chi connectivity index (χ3n) is 3.51. The fourth-order valence-corrected chi connectivity index (χ4v) is 2.17. The van der Waals surface area contributed by atoms with Crippen molar-refractivity contribution in [1.82, 2.24) is 10.1 Å². The molecular formula is C18H15F2N3O3. The third-order valence-corrected chi connectivity index (χ3v) is 3.51. The van der Waals surface area contributed by atoms with Crippen LogP contribution >= 0.6 is 0 Å². The van der Waals surface area contributed by atoms with Crippen LogP contribution in [0.1, 0.15) is 13.3 Å². The van der Waals surface area contributed by atoms with Gasteiger partial charge in [0.05, 0.1) is 0 Å². The van der Waals surface area contributed by atoms with Crippen molar-refractivity contribution in [3.63, 3.8) is 0 Å². The Labute approximate surface area is 147 Å². The maximum atomic E-state index is 13.0. The molecule has 0 spiro atoms. The largest absolute Gasteiger partial charge is 0.481 e. The Bertz CT molecular complexity index is 879. The Balaban J connectivity index is 1.66. The molecule has 2 aromatic carbocycles. The number of amides is 1. The molecule has 0 bridgehead atoms. The van der Waals surface area contributed by atoms with E-state index in [1.165, 1.54) is 48.5 Å². The maximum absolute atomic E-state index is 13.0. The number of nitrogens with zero attached hydrogens (tertiary/aromatic N) is 2. The lowest BCUT2D eigenvalue weighted by atomic mass is 10.2. The first kappa shape index (κ1) is 17.5. The molecule has 0 aliphatic rings. The quantitative estimate of drug-likeness (QED) is 0.724. The molecule has 0 aliphatic carbocycles. The van der Waals surface area contributed by atoms with Crippen LogP contribution in [0.15, 0.2) is 53.1 Å². The predicted octanol–water partition coefficient (Wildman–Crippen LogP) is 3.81. The van der Waals surface area contributed by atoms with Crippen LogP contribution in [0, 0.1) is 11.6 Å². The van der Waals surface area contributed by atoms with Crippen molar-refractivity contribution >= 4 is 11.9 Å². The number of aromatic nitrogens is 2. The Morgan fingerprint density at radius 1 is 1.12 bits per heavy atom. The van der Waals surface area contributed by atoms with Gasteiger partial charge in [0.1, 0.15) is 17.4 Å². The van der Waals surface area contributed by atoms with E-state index in [2.05, 4.69) is 15.5 Å². The molecule has 134 valence electrons. The fraction of sp³-hybridized carbons (Fsp3) is 0.167. The normalized spacial score (nSPS) is 11.8. The van der Waals surface area contributed by atoms with Crippen LogP contribution in [0.2, 0.25) is 0 Å². The molecule has 3 aromatic rings. The molecule has 8 heteroatoms.